The molecule has 1 aliphatic heterocycles. The number of amides is 2. The quantitative estimate of drug-likeness (QED) is 0.540. The van der Waals surface area contributed by atoms with Gasteiger partial charge < -0.3 is 15.3 Å². The van der Waals surface area contributed by atoms with E-state index >= 15 is 0 Å². The van der Waals surface area contributed by atoms with E-state index in [9.17, 15) is 19.5 Å². The van der Waals surface area contributed by atoms with Crippen LogP contribution >= 0.6 is 0 Å². The molecule has 7 heteroatoms. The third kappa shape index (κ3) is 7.63. The van der Waals surface area contributed by atoms with Gasteiger partial charge in [0, 0.05) is 12.6 Å². The monoisotopic (exact) mass is 437 g/mol. The third-order valence-corrected chi connectivity index (χ3v) is 6.06. The van der Waals surface area contributed by atoms with Crippen molar-refractivity contribution in [1.82, 2.24) is 15.1 Å². The molecule has 178 valence electrons. The molecule has 0 aliphatic carbocycles. The van der Waals surface area contributed by atoms with Crippen molar-refractivity contribution in [3.63, 3.8) is 0 Å². The van der Waals surface area contributed by atoms with Gasteiger partial charge in [-0.25, -0.2) is 4.79 Å². The van der Waals surface area contributed by atoms with Crippen molar-refractivity contribution < 1.29 is 19.5 Å². The highest BCUT2D eigenvalue weighted by atomic mass is 16.4. The zero-order valence-electron chi connectivity index (χ0n) is 20.7. The number of rotatable bonds is 9. The summed E-state index contributed by atoms with van der Waals surface area (Å²) in [7, 11) is 1.69. The number of likely N-dealkylation sites (tertiary alicyclic amines) is 1. The van der Waals surface area contributed by atoms with E-state index in [4.69, 9.17) is 0 Å². The Morgan fingerprint density at radius 1 is 1.23 bits per heavy atom. The largest absolute Gasteiger partial charge is 0.478 e. The van der Waals surface area contributed by atoms with Gasteiger partial charge in [0.05, 0.1) is 12.1 Å². The summed E-state index contributed by atoms with van der Waals surface area (Å²) in [5, 5.41) is 12.3. The number of nitrogens with one attached hydrogen (secondary N) is 1. The fraction of sp³-hybridized carbons (Fsp3) is 0.792. The van der Waals surface area contributed by atoms with Gasteiger partial charge in [-0.15, -0.1) is 0 Å². The van der Waals surface area contributed by atoms with Gasteiger partial charge in [-0.3, -0.25) is 14.5 Å². The van der Waals surface area contributed by atoms with Crippen LogP contribution in [-0.2, 0) is 14.4 Å². The Hall–Kier alpha value is -1.89. The van der Waals surface area contributed by atoms with Gasteiger partial charge in [0.2, 0.25) is 11.8 Å². The Bertz CT molecular complexity index is 664. The minimum atomic E-state index is -1.000. The van der Waals surface area contributed by atoms with E-state index in [1.165, 1.54) is 6.92 Å². The number of carboxylic acids is 1. The molecule has 0 saturated carbocycles. The summed E-state index contributed by atoms with van der Waals surface area (Å²) in [4.78, 5) is 41.9. The molecule has 7 nitrogen and oxygen atoms in total. The molecule has 0 unspecified atom stereocenters. The fourth-order valence-electron chi connectivity index (χ4n) is 4.16. The molecular formula is C24H43N3O4. The van der Waals surface area contributed by atoms with Crippen LogP contribution in [0.3, 0.4) is 0 Å². The second-order valence-electron chi connectivity index (χ2n) is 10.2. The molecule has 0 aromatic carbocycles. The first-order chi connectivity index (χ1) is 14.3. The average Bonchev–Trinajstić information content (AvgIpc) is 2.68. The van der Waals surface area contributed by atoms with Crippen LogP contribution in [0, 0.1) is 11.3 Å². The van der Waals surface area contributed by atoms with Crippen LogP contribution in [0.5, 0.6) is 0 Å². The number of piperidine rings is 1. The molecule has 0 bridgehead atoms. The average molecular weight is 438 g/mol. The van der Waals surface area contributed by atoms with Crippen LogP contribution in [-0.4, -0.2) is 71.0 Å². The van der Waals surface area contributed by atoms with Crippen molar-refractivity contribution in [3.8, 4) is 0 Å². The van der Waals surface area contributed by atoms with Crippen LogP contribution in [0.2, 0.25) is 0 Å². The lowest BCUT2D eigenvalue weighted by atomic mass is 9.84. The summed E-state index contributed by atoms with van der Waals surface area (Å²) >= 11 is 0. The SMILES string of the molecule is CCCN1CCCC[C@@H]1C(=O)N[C@H](C(=O)N(C)[C@H](/C=C(\C)C(=O)O)C(C)C)C(C)(C)C. The predicted molar refractivity (Wildman–Crippen MR) is 124 cm³/mol. The van der Waals surface area contributed by atoms with Gasteiger partial charge in [-0.1, -0.05) is 54.0 Å². The summed E-state index contributed by atoms with van der Waals surface area (Å²) in [6.07, 6.45) is 5.53. The molecule has 0 radical (unpaired) electrons. The summed E-state index contributed by atoms with van der Waals surface area (Å²) in [6.45, 7) is 15.2. The first-order valence-corrected chi connectivity index (χ1v) is 11.5. The van der Waals surface area contributed by atoms with Crippen LogP contribution in [0.15, 0.2) is 11.6 Å². The van der Waals surface area contributed by atoms with E-state index in [1.54, 1.807) is 18.0 Å². The lowest BCUT2D eigenvalue weighted by Crippen LogP contribution is -2.60. The lowest BCUT2D eigenvalue weighted by molar-refractivity contribution is -0.141. The normalized spacial score (nSPS) is 20.3. The topological polar surface area (TPSA) is 90.0 Å². The predicted octanol–water partition coefficient (Wildman–Crippen LogP) is 3.30. The Labute approximate surface area is 188 Å². The molecule has 3 atom stereocenters. The van der Waals surface area contributed by atoms with E-state index in [0.717, 1.165) is 38.8 Å². The van der Waals surface area contributed by atoms with Crippen LogP contribution in [0.4, 0.5) is 0 Å². The molecule has 0 aromatic heterocycles. The Balaban J connectivity index is 3.12. The second-order valence-corrected chi connectivity index (χ2v) is 10.2. The van der Waals surface area contributed by atoms with E-state index in [-0.39, 0.29) is 35.4 Å². The van der Waals surface area contributed by atoms with Crippen LogP contribution in [0.1, 0.15) is 74.1 Å². The Kier molecular flexibility index (Phi) is 10.2. The van der Waals surface area contributed by atoms with Crippen LogP contribution in [0.25, 0.3) is 0 Å². The first kappa shape index (κ1) is 27.1. The summed E-state index contributed by atoms with van der Waals surface area (Å²) in [5.41, 5.74) is -0.287. The molecule has 2 N–H and O–H groups in total. The van der Waals surface area contributed by atoms with E-state index < -0.39 is 17.4 Å². The molecule has 1 aliphatic rings. The number of carboxylic acid groups (broad SMARTS) is 1. The molecule has 1 saturated heterocycles. The van der Waals surface area contributed by atoms with Crippen molar-refractivity contribution in [2.45, 2.75) is 92.3 Å². The summed E-state index contributed by atoms with van der Waals surface area (Å²) < 4.78 is 0. The molecular weight excluding hydrogens is 394 g/mol. The van der Waals surface area contributed by atoms with Crippen molar-refractivity contribution in [2.24, 2.45) is 11.3 Å². The number of nitrogens with zero attached hydrogens (tertiary/aromatic N) is 2. The molecule has 0 aromatic rings. The second kappa shape index (κ2) is 11.7. The van der Waals surface area contributed by atoms with Gasteiger partial charge in [0.15, 0.2) is 0 Å². The van der Waals surface area contributed by atoms with Gasteiger partial charge >= 0.3 is 5.97 Å². The number of carbonyl (C=O) groups excluding carboxylic acids is 2. The maximum Gasteiger partial charge on any atom is 0.331 e. The number of hydrogen-bond donors (Lipinski definition) is 2. The smallest absolute Gasteiger partial charge is 0.331 e. The van der Waals surface area contributed by atoms with Crippen molar-refractivity contribution in [1.29, 1.82) is 0 Å². The Morgan fingerprint density at radius 2 is 1.84 bits per heavy atom. The number of carbonyl (C=O) groups is 3. The number of likely N-dealkylation sites (N-methyl/N-ethyl adjacent to an activating group) is 1. The molecule has 31 heavy (non-hydrogen) atoms. The van der Waals surface area contributed by atoms with E-state index in [2.05, 4.69) is 17.1 Å². The maximum absolute atomic E-state index is 13.5. The molecule has 1 heterocycles. The zero-order valence-corrected chi connectivity index (χ0v) is 20.7. The zero-order chi connectivity index (χ0) is 23.9. The number of hydrogen-bond acceptors (Lipinski definition) is 4. The van der Waals surface area contributed by atoms with Crippen molar-refractivity contribution in [3.05, 3.63) is 11.6 Å². The van der Waals surface area contributed by atoms with Gasteiger partial charge in [0.25, 0.3) is 0 Å². The maximum atomic E-state index is 13.5. The molecule has 0 spiro atoms. The molecule has 1 rings (SSSR count). The van der Waals surface area contributed by atoms with Gasteiger partial charge in [-0.2, -0.15) is 0 Å². The van der Waals surface area contributed by atoms with Gasteiger partial charge in [-0.05, 0) is 50.6 Å². The van der Waals surface area contributed by atoms with Crippen LogP contribution < -0.4 is 5.32 Å². The highest BCUT2D eigenvalue weighted by molar-refractivity contribution is 5.91. The molecule has 2 amide bonds. The van der Waals surface area contributed by atoms with Crippen molar-refractivity contribution in [2.75, 3.05) is 20.1 Å². The van der Waals surface area contributed by atoms with Gasteiger partial charge in [0.1, 0.15) is 6.04 Å². The van der Waals surface area contributed by atoms with E-state index in [0.29, 0.717) is 0 Å². The first-order valence-electron chi connectivity index (χ1n) is 11.5. The highest BCUT2D eigenvalue weighted by Crippen LogP contribution is 2.25. The summed E-state index contributed by atoms with van der Waals surface area (Å²) in [6, 6.07) is -1.28. The van der Waals surface area contributed by atoms with E-state index in [1.807, 2.05) is 34.6 Å². The standard InChI is InChI=1S/C24H43N3O4/c1-9-13-27-14-11-10-12-18(27)21(28)25-20(24(5,6)7)22(29)26(8)19(16(2)3)15-17(4)23(30)31/h15-16,18-20H,9-14H2,1-8H3,(H,25,28)(H,30,31)/b17-15+/t18-,19-,20-/m1/s1. The third-order valence-electron chi connectivity index (χ3n) is 6.06. The fourth-order valence-corrected chi connectivity index (χ4v) is 4.16. The number of aliphatic carboxylic acids is 1. The van der Waals surface area contributed by atoms with Crippen molar-refractivity contribution >= 4 is 17.8 Å². The minimum Gasteiger partial charge on any atom is -0.478 e. The summed E-state index contributed by atoms with van der Waals surface area (Å²) in [5.74, 6) is -1.27. The lowest BCUT2D eigenvalue weighted by Gasteiger charge is -2.40. The molecule has 1 fully saturated rings. The Morgan fingerprint density at radius 3 is 2.32 bits per heavy atom. The minimum absolute atomic E-state index is 0.0259. The highest BCUT2D eigenvalue weighted by Gasteiger charge is 2.39.